The average Bonchev–Trinajstić information content (AvgIpc) is 3.37. The minimum absolute atomic E-state index is 0.0737. The van der Waals surface area contributed by atoms with Crippen LogP contribution in [0, 0.1) is 0 Å². The van der Waals surface area contributed by atoms with E-state index >= 15 is 0 Å². The first-order chi connectivity index (χ1) is 36.5. The fourth-order valence-corrected chi connectivity index (χ4v) is 9.76. The van der Waals surface area contributed by atoms with E-state index in [1.807, 2.05) is 21.1 Å². The maximum Gasteiger partial charge on any atom is 0.472 e. The normalized spacial score (nSPS) is 14.4. The predicted molar refractivity (Wildman–Crippen MR) is 327 cm³/mol. The fraction of sp³-hybridized carbons (Fsp3) is 0.773. The molecule has 8 nitrogen and oxygen atoms in total. The summed E-state index contributed by atoms with van der Waals surface area (Å²) < 4.78 is 23.8. The molecule has 75 heavy (non-hydrogen) atoms. The highest BCUT2D eigenvalue weighted by atomic mass is 31.2. The number of carbonyl (C=O) groups is 1. The van der Waals surface area contributed by atoms with Gasteiger partial charge in [0.05, 0.1) is 39.9 Å². The second-order valence-electron chi connectivity index (χ2n) is 22.4. The van der Waals surface area contributed by atoms with Crippen molar-refractivity contribution < 1.29 is 32.9 Å². The molecule has 0 spiro atoms. The summed E-state index contributed by atoms with van der Waals surface area (Å²) in [6.07, 6.45) is 79.5. The van der Waals surface area contributed by atoms with Gasteiger partial charge < -0.3 is 19.8 Å². The van der Waals surface area contributed by atoms with Gasteiger partial charge in [0.1, 0.15) is 13.2 Å². The third kappa shape index (κ3) is 59.2. The van der Waals surface area contributed by atoms with Gasteiger partial charge in [0, 0.05) is 6.42 Å². The van der Waals surface area contributed by atoms with Crippen LogP contribution >= 0.6 is 7.82 Å². The van der Waals surface area contributed by atoms with Gasteiger partial charge in [0.15, 0.2) is 0 Å². The van der Waals surface area contributed by atoms with E-state index in [2.05, 4.69) is 104 Å². The number of unbranched alkanes of at least 4 members (excludes halogenated alkanes) is 30. The molecule has 0 bridgehead atoms. The number of nitrogens with zero attached hydrogens (tertiary/aromatic N) is 1. The Morgan fingerprint density at radius 1 is 0.467 bits per heavy atom. The van der Waals surface area contributed by atoms with Crippen molar-refractivity contribution in [3.8, 4) is 0 Å². The molecular weight excluding hydrogens is 948 g/mol. The molecule has 3 unspecified atom stereocenters. The lowest BCUT2D eigenvalue weighted by atomic mass is 10.0. The van der Waals surface area contributed by atoms with Gasteiger partial charge in [-0.1, -0.05) is 285 Å². The number of likely N-dealkylation sites (N-methyl/N-ethyl adjacent to an activating group) is 1. The summed E-state index contributed by atoms with van der Waals surface area (Å²) in [5.74, 6) is -0.144. The third-order valence-corrected chi connectivity index (χ3v) is 14.9. The van der Waals surface area contributed by atoms with E-state index in [-0.39, 0.29) is 19.1 Å². The lowest BCUT2D eigenvalue weighted by Gasteiger charge is -2.26. The number of aliphatic hydroxyl groups excluding tert-OH is 1. The minimum Gasteiger partial charge on any atom is -0.391 e. The van der Waals surface area contributed by atoms with Gasteiger partial charge in [-0.3, -0.25) is 13.8 Å². The van der Waals surface area contributed by atoms with Crippen LogP contribution in [-0.2, 0) is 18.4 Å². The molecule has 0 rings (SSSR count). The predicted octanol–water partition coefficient (Wildman–Crippen LogP) is 19.6. The van der Waals surface area contributed by atoms with Crippen molar-refractivity contribution in [2.45, 2.75) is 289 Å². The number of quaternary nitrogens is 1. The highest BCUT2D eigenvalue weighted by Crippen LogP contribution is 2.43. The van der Waals surface area contributed by atoms with Crippen LogP contribution < -0.4 is 5.32 Å². The Hall–Kier alpha value is -2.32. The first-order valence-electron chi connectivity index (χ1n) is 31.5. The molecule has 0 heterocycles. The molecule has 3 N–H and O–H groups in total. The summed E-state index contributed by atoms with van der Waals surface area (Å²) in [5, 5.41) is 14.1. The van der Waals surface area contributed by atoms with E-state index in [4.69, 9.17) is 9.05 Å². The van der Waals surface area contributed by atoms with Crippen LogP contribution in [0.2, 0.25) is 0 Å². The first-order valence-corrected chi connectivity index (χ1v) is 32.9. The van der Waals surface area contributed by atoms with Crippen molar-refractivity contribution in [1.29, 1.82) is 0 Å². The molecule has 0 radical (unpaired) electrons. The standard InChI is InChI=1S/C66H121N2O6P/c1-6-8-10-12-14-16-18-20-22-23-24-25-26-27-28-29-30-31-32-33-34-35-36-37-38-39-40-41-42-43-44-45-46-48-50-52-54-56-58-60-66(70)67-64(63-74-75(71,72)73-62-61-68(3,4)5)65(69)59-57-55-53-51-49-47-21-19-17-15-13-11-9-7-2/h8,10,14,16,20,22,24-25,27-28,30-31,33-34,64-65,69H,6-7,9,11-13,15,17-19,21,23,26,29,32,35-63H2,1-5H3,(H-,67,70,71,72)/p+1/b10-8-,16-14-,22-20-,25-24-,28-27-,31-30-,34-33-. The zero-order valence-electron chi connectivity index (χ0n) is 49.8. The molecule has 0 saturated heterocycles. The first kappa shape index (κ1) is 72.7. The Labute approximate surface area is 465 Å². The minimum atomic E-state index is -4.32. The van der Waals surface area contributed by atoms with Crippen LogP contribution in [0.3, 0.4) is 0 Å². The van der Waals surface area contributed by atoms with Crippen molar-refractivity contribution >= 4 is 13.7 Å². The van der Waals surface area contributed by atoms with Gasteiger partial charge in [-0.25, -0.2) is 4.57 Å². The van der Waals surface area contributed by atoms with Crippen LogP contribution in [0.5, 0.6) is 0 Å². The smallest absolute Gasteiger partial charge is 0.391 e. The van der Waals surface area contributed by atoms with Crippen molar-refractivity contribution in [2.75, 3.05) is 40.9 Å². The Morgan fingerprint density at radius 2 is 0.800 bits per heavy atom. The summed E-state index contributed by atoms with van der Waals surface area (Å²) in [6, 6.07) is -0.762. The van der Waals surface area contributed by atoms with Gasteiger partial charge in [0.2, 0.25) is 5.91 Å². The van der Waals surface area contributed by atoms with Gasteiger partial charge in [-0.05, 0) is 70.6 Å². The van der Waals surface area contributed by atoms with Crippen molar-refractivity contribution in [3.63, 3.8) is 0 Å². The summed E-state index contributed by atoms with van der Waals surface area (Å²) in [5.41, 5.74) is 0. The van der Waals surface area contributed by atoms with Crippen molar-refractivity contribution in [3.05, 3.63) is 85.1 Å². The van der Waals surface area contributed by atoms with E-state index in [1.54, 1.807) is 0 Å². The molecule has 0 saturated carbocycles. The van der Waals surface area contributed by atoms with E-state index < -0.39 is 20.0 Å². The SMILES string of the molecule is CC/C=C\C/C=C\C/C=C\C/C=C\C/C=C\C/C=C\C/C=C\CCCCCCCCCCCCCCCCCCCC(=O)NC(COP(=O)(O)OCC[N+](C)(C)C)C(O)CCCCCCCCCCCCCCCC. The Balaban J connectivity index is 3.96. The quantitative estimate of drug-likeness (QED) is 0.0243. The molecule has 0 aliphatic rings. The third-order valence-electron chi connectivity index (χ3n) is 13.9. The van der Waals surface area contributed by atoms with E-state index in [0.29, 0.717) is 23.9 Å². The topological polar surface area (TPSA) is 105 Å². The highest BCUT2D eigenvalue weighted by molar-refractivity contribution is 7.47. The summed E-state index contributed by atoms with van der Waals surface area (Å²) in [7, 11) is 1.62. The number of nitrogens with one attached hydrogen (secondary N) is 1. The molecule has 0 aliphatic heterocycles. The van der Waals surface area contributed by atoms with Crippen LogP contribution in [0.4, 0.5) is 0 Å². The Bertz CT molecular complexity index is 1500. The molecular formula is C66H122N2O6P+. The second-order valence-corrected chi connectivity index (χ2v) is 23.9. The summed E-state index contributed by atoms with van der Waals surface area (Å²) in [6.45, 7) is 4.79. The average molecular weight is 1070 g/mol. The summed E-state index contributed by atoms with van der Waals surface area (Å²) in [4.78, 5) is 23.3. The lowest BCUT2D eigenvalue weighted by Crippen LogP contribution is -2.46. The van der Waals surface area contributed by atoms with Gasteiger partial charge in [0.25, 0.3) is 0 Å². The van der Waals surface area contributed by atoms with E-state index in [9.17, 15) is 19.4 Å². The molecule has 0 fully saturated rings. The Kier molecular flexibility index (Phi) is 54.7. The van der Waals surface area contributed by atoms with E-state index in [0.717, 1.165) is 83.5 Å². The number of allylic oxidation sites excluding steroid dienone is 14. The Morgan fingerprint density at radius 3 is 1.17 bits per heavy atom. The second kappa shape index (κ2) is 56.4. The molecule has 9 heteroatoms. The zero-order valence-corrected chi connectivity index (χ0v) is 50.7. The molecule has 0 aromatic carbocycles. The number of aliphatic hydroxyl groups is 1. The zero-order chi connectivity index (χ0) is 54.9. The van der Waals surface area contributed by atoms with E-state index in [1.165, 1.54) is 167 Å². The van der Waals surface area contributed by atoms with Gasteiger partial charge in [-0.15, -0.1) is 0 Å². The molecule has 3 atom stereocenters. The van der Waals surface area contributed by atoms with Crippen LogP contribution in [0.15, 0.2) is 85.1 Å². The maximum absolute atomic E-state index is 13.0. The monoisotopic (exact) mass is 1070 g/mol. The number of rotatable bonds is 57. The summed E-state index contributed by atoms with van der Waals surface area (Å²) >= 11 is 0. The van der Waals surface area contributed by atoms with Crippen LogP contribution in [0.1, 0.15) is 277 Å². The van der Waals surface area contributed by atoms with Crippen LogP contribution in [0.25, 0.3) is 0 Å². The molecule has 0 aromatic heterocycles. The van der Waals surface area contributed by atoms with Gasteiger partial charge >= 0.3 is 7.82 Å². The molecule has 1 amide bonds. The molecule has 0 aliphatic carbocycles. The number of amides is 1. The largest absolute Gasteiger partial charge is 0.472 e. The van der Waals surface area contributed by atoms with Gasteiger partial charge in [-0.2, -0.15) is 0 Å². The van der Waals surface area contributed by atoms with Crippen LogP contribution in [-0.4, -0.2) is 73.4 Å². The van der Waals surface area contributed by atoms with Crippen molar-refractivity contribution in [1.82, 2.24) is 5.32 Å². The lowest BCUT2D eigenvalue weighted by molar-refractivity contribution is -0.870. The number of hydrogen-bond acceptors (Lipinski definition) is 5. The molecule has 436 valence electrons. The number of phosphoric acid groups is 1. The number of hydrogen-bond donors (Lipinski definition) is 3. The number of phosphoric ester groups is 1. The maximum atomic E-state index is 13.0. The highest BCUT2D eigenvalue weighted by Gasteiger charge is 2.28. The number of carbonyl (C=O) groups excluding carboxylic acids is 1. The molecule has 0 aromatic rings. The fourth-order valence-electron chi connectivity index (χ4n) is 9.03. The van der Waals surface area contributed by atoms with Crippen molar-refractivity contribution in [2.24, 2.45) is 0 Å².